The van der Waals surface area contributed by atoms with Gasteiger partial charge < -0.3 is 25.4 Å². The van der Waals surface area contributed by atoms with E-state index in [2.05, 4.69) is 10.6 Å². The molecule has 0 spiro atoms. The molecule has 0 aliphatic carbocycles. The molecule has 3 aromatic rings. The van der Waals surface area contributed by atoms with Gasteiger partial charge in [-0.25, -0.2) is 4.79 Å². The van der Waals surface area contributed by atoms with Crippen LogP contribution in [0.2, 0.25) is 0 Å². The number of para-hydroxylation sites is 1. The predicted molar refractivity (Wildman–Crippen MR) is 127 cm³/mol. The minimum absolute atomic E-state index is 0.0295. The molecular formula is C26H27N3O4. The van der Waals surface area contributed by atoms with Crippen molar-refractivity contribution in [2.24, 2.45) is 0 Å². The fraction of sp³-hybridized carbons (Fsp3) is 0.231. The van der Waals surface area contributed by atoms with E-state index in [1.165, 1.54) is 0 Å². The van der Waals surface area contributed by atoms with Gasteiger partial charge in [0.05, 0.1) is 12.6 Å². The molecule has 0 bridgehead atoms. The van der Waals surface area contributed by atoms with Crippen LogP contribution in [0.5, 0.6) is 5.75 Å². The zero-order chi connectivity index (χ0) is 23.0. The molecule has 1 aliphatic heterocycles. The van der Waals surface area contributed by atoms with Crippen LogP contribution < -0.4 is 10.6 Å². The number of aromatic hydroxyl groups is 1. The Morgan fingerprint density at radius 3 is 2.39 bits per heavy atom. The first-order valence-electron chi connectivity index (χ1n) is 11.0. The lowest BCUT2D eigenvalue weighted by Gasteiger charge is -2.26. The summed E-state index contributed by atoms with van der Waals surface area (Å²) < 4.78 is 5.73. The van der Waals surface area contributed by atoms with Gasteiger partial charge >= 0.3 is 6.03 Å². The Bertz CT molecular complexity index is 1100. The average Bonchev–Trinajstić information content (AvgIpc) is 3.34. The maximum absolute atomic E-state index is 13.2. The molecule has 3 N–H and O–H groups in total. The fourth-order valence-corrected chi connectivity index (χ4v) is 3.77. The summed E-state index contributed by atoms with van der Waals surface area (Å²) in [7, 11) is 0. The molecule has 170 valence electrons. The summed E-state index contributed by atoms with van der Waals surface area (Å²) in [6, 6.07) is 22.6. The molecule has 0 unspecified atom stereocenters. The van der Waals surface area contributed by atoms with Crippen LogP contribution >= 0.6 is 0 Å². The van der Waals surface area contributed by atoms with Crippen LogP contribution in [0.1, 0.15) is 28.8 Å². The van der Waals surface area contributed by atoms with Crippen molar-refractivity contribution in [2.75, 3.05) is 23.8 Å². The Labute approximate surface area is 193 Å². The van der Waals surface area contributed by atoms with Gasteiger partial charge in [-0.3, -0.25) is 4.79 Å². The van der Waals surface area contributed by atoms with Crippen molar-refractivity contribution in [1.82, 2.24) is 4.90 Å². The Morgan fingerprint density at radius 2 is 1.67 bits per heavy atom. The Kier molecular flexibility index (Phi) is 7.22. The molecular weight excluding hydrogens is 418 g/mol. The zero-order valence-corrected chi connectivity index (χ0v) is 18.2. The normalized spacial score (nSPS) is 15.1. The highest BCUT2D eigenvalue weighted by Gasteiger charge is 2.23. The van der Waals surface area contributed by atoms with Gasteiger partial charge in [-0.05, 0) is 49.2 Å². The van der Waals surface area contributed by atoms with E-state index in [9.17, 15) is 14.7 Å². The van der Waals surface area contributed by atoms with Crippen molar-refractivity contribution >= 4 is 23.3 Å². The van der Waals surface area contributed by atoms with Crippen molar-refractivity contribution < 1.29 is 19.4 Å². The molecule has 0 saturated carbocycles. The number of hydrogen-bond donors (Lipinski definition) is 3. The van der Waals surface area contributed by atoms with Gasteiger partial charge in [0.25, 0.3) is 5.91 Å². The highest BCUT2D eigenvalue weighted by molar-refractivity contribution is 6.04. The van der Waals surface area contributed by atoms with E-state index < -0.39 is 0 Å². The Balaban J connectivity index is 1.46. The molecule has 7 heteroatoms. The lowest BCUT2D eigenvalue weighted by atomic mass is 10.1. The smallest absolute Gasteiger partial charge is 0.322 e. The van der Waals surface area contributed by atoms with Gasteiger partial charge in [0, 0.05) is 35.7 Å². The second-order valence-corrected chi connectivity index (χ2v) is 7.98. The molecule has 1 saturated heterocycles. The molecule has 0 aromatic heterocycles. The highest BCUT2D eigenvalue weighted by Crippen LogP contribution is 2.22. The minimum Gasteiger partial charge on any atom is -0.508 e. The summed E-state index contributed by atoms with van der Waals surface area (Å²) in [6.45, 7) is 1.37. The van der Waals surface area contributed by atoms with Crippen LogP contribution in [0.3, 0.4) is 0 Å². The van der Waals surface area contributed by atoms with Crippen LogP contribution in [-0.4, -0.2) is 41.2 Å². The fourth-order valence-electron chi connectivity index (χ4n) is 3.77. The lowest BCUT2D eigenvalue weighted by molar-refractivity contribution is 0.0817. The van der Waals surface area contributed by atoms with Gasteiger partial charge in [0.2, 0.25) is 0 Å². The summed E-state index contributed by atoms with van der Waals surface area (Å²) in [4.78, 5) is 27.2. The summed E-state index contributed by atoms with van der Waals surface area (Å²) in [5, 5.41) is 15.9. The number of nitrogens with one attached hydrogen (secondary N) is 2. The highest BCUT2D eigenvalue weighted by atomic mass is 16.5. The van der Waals surface area contributed by atoms with E-state index >= 15 is 0 Å². The van der Waals surface area contributed by atoms with Crippen molar-refractivity contribution in [3.05, 3.63) is 90.0 Å². The van der Waals surface area contributed by atoms with Gasteiger partial charge in [-0.2, -0.15) is 0 Å². The summed E-state index contributed by atoms with van der Waals surface area (Å²) in [6.07, 6.45) is 1.84. The Morgan fingerprint density at radius 1 is 0.939 bits per heavy atom. The number of amides is 3. The number of hydrogen-bond acceptors (Lipinski definition) is 4. The number of rotatable bonds is 7. The van der Waals surface area contributed by atoms with Crippen molar-refractivity contribution in [3.8, 4) is 5.75 Å². The van der Waals surface area contributed by atoms with E-state index in [1.807, 2.05) is 12.1 Å². The van der Waals surface area contributed by atoms with E-state index in [0.717, 1.165) is 12.8 Å². The van der Waals surface area contributed by atoms with E-state index in [-0.39, 0.29) is 30.3 Å². The van der Waals surface area contributed by atoms with E-state index in [4.69, 9.17) is 4.74 Å². The molecule has 3 amide bonds. The predicted octanol–water partition coefficient (Wildman–Crippen LogP) is 4.86. The second kappa shape index (κ2) is 10.7. The van der Waals surface area contributed by atoms with Crippen molar-refractivity contribution in [2.45, 2.75) is 25.5 Å². The average molecular weight is 446 g/mol. The number of ether oxygens (including phenoxy) is 1. The third-order valence-electron chi connectivity index (χ3n) is 5.50. The third-order valence-corrected chi connectivity index (χ3v) is 5.50. The zero-order valence-electron chi connectivity index (χ0n) is 18.2. The van der Waals surface area contributed by atoms with Gasteiger partial charge in [-0.1, -0.05) is 42.5 Å². The van der Waals surface area contributed by atoms with Crippen LogP contribution in [0.4, 0.5) is 16.2 Å². The summed E-state index contributed by atoms with van der Waals surface area (Å²) in [5.41, 5.74) is 2.35. The number of urea groups is 1. The maximum Gasteiger partial charge on any atom is 0.322 e. The molecule has 7 nitrogen and oxygen atoms in total. The van der Waals surface area contributed by atoms with E-state index in [1.54, 1.807) is 71.6 Å². The molecule has 4 rings (SSSR count). The topological polar surface area (TPSA) is 90.9 Å². The first-order chi connectivity index (χ1) is 16.1. The second-order valence-electron chi connectivity index (χ2n) is 7.98. The molecule has 3 aromatic carbocycles. The summed E-state index contributed by atoms with van der Waals surface area (Å²) >= 11 is 0. The van der Waals surface area contributed by atoms with Gasteiger partial charge in [0.15, 0.2) is 0 Å². The quantitative estimate of drug-likeness (QED) is 0.485. The molecule has 1 heterocycles. The van der Waals surface area contributed by atoms with E-state index in [0.29, 0.717) is 35.7 Å². The Hall–Kier alpha value is -3.84. The molecule has 1 atom stereocenters. The number of phenolic OH excluding ortho intramolecular Hbond substituents is 1. The standard InChI is InChI=1S/C26H27N3O4/c30-24-14-5-4-10-20(24)17-29(18-23-13-7-15-33-23)26(32)28-22-12-6-11-21(16-22)27-25(31)19-8-2-1-3-9-19/h1-6,8-12,14,16,23,30H,7,13,15,17-18H2,(H,27,31)(H,28,32)/t23-/m0/s1. The molecule has 1 fully saturated rings. The van der Waals surface area contributed by atoms with Crippen LogP contribution in [0, 0.1) is 0 Å². The number of anilines is 2. The van der Waals surface area contributed by atoms with Crippen LogP contribution in [-0.2, 0) is 11.3 Å². The first kappa shape index (κ1) is 22.4. The largest absolute Gasteiger partial charge is 0.508 e. The monoisotopic (exact) mass is 445 g/mol. The number of carbonyl (C=O) groups excluding carboxylic acids is 2. The van der Waals surface area contributed by atoms with Crippen molar-refractivity contribution in [3.63, 3.8) is 0 Å². The number of nitrogens with zero attached hydrogens (tertiary/aromatic N) is 1. The van der Waals surface area contributed by atoms with Crippen molar-refractivity contribution in [1.29, 1.82) is 0 Å². The number of benzene rings is 3. The summed E-state index contributed by atoms with van der Waals surface area (Å²) in [5.74, 6) is -0.0769. The SMILES string of the molecule is O=C(Nc1cccc(NC(=O)N(Cc2ccccc2O)C[C@@H]2CCCO2)c1)c1ccccc1. The third kappa shape index (κ3) is 6.11. The molecule has 33 heavy (non-hydrogen) atoms. The minimum atomic E-state index is -0.305. The van der Waals surface area contributed by atoms with Crippen LogP contribution in [0.25, 0.3) is 0 Å². The first-order valence-corrected chi connectivity index (χ1v) is 11.0. The van der Waals surface area contributed by atoms with Gasteiger partial charge in [-0.15, -0.1) is 0 Å². The number of phenols is 1. The maximum atomic E-state index is 13.2. The molecule has 0 radical (unpaired) electrons. The number of carbonyl (C=O) groups is 2. The van der Waals surface area contributed by atoms with Crippen LogP contribution in [0.15, 0.2) is 78.9 Å². The molecule has 1 aliphatic rings. The lowest BCUT2D eigenvalue weighted by Crippen LogP contribution is -2.39. The van der Waals surface area contributed by atoms with Gasteiger partial charge in [0.1, 0.15) is 5.75 Å².